The van der Waals surface area contributed by atoms with Gasteiger partial charge >= 0.3 is 6.18 Å². The molecular weight excluding hydrogens is 197 g/mol. The van der Waals surface area contributed by atoms with Gasteiger partial charge in [-0.1, -0.05) is 6.08 Å². The summed E-state index contributed by atoms with van der Waals surface area (Å²) in [6.07, 6.45) is -4.02. The first-order chi connectivity index (χ1) is 6.41. The van der Waals surface area contributed by atoms with E-state index in [4.69, 9.17) is 6.58 Å². The Hall–Kier alpha value is -1.26. The standard InChI is InChI=1S/C9H10F3O2/c1-3-4-8(9(10,11)12)5-7(2)14-6-13/h2-3,6,8H,1,4-5H2/t8-/m1/s1. The number of alkyl halides is 3. The summed E-state index contributed by atoms with van der Waals surface area (Å²) < 4.78 is 40.8. The Labute approximate surface area is 80.1 Å². The van der Waals surface area contributed by atoms with Gasteiger partial charge in [0.1, 0.15) is 5.76 Å². The fourth-order valence-electron chi connectivity index (χ4n) is 0.887. The fraction of sp³-hybridized carbons (Fsp3) is 0.444. The van der Waals surface area contributed by atoms with Gasteiger partial charge in [-0.3, -0.25) is 4.79 Å². The first-order valence-electron chi connectivity index (χ1n) is 3.81. The molecule has 0 fully saturated rings. The van der Waals surface area contributed by atoms with Crippen molar-refractivity contribution < 1.29 is 22.7 Å². The highest BCUT2D eigenvalue weighted by Gasteiger charge is 2.38. The van der Waals surface area contributed by atoms with Gasteiger partial charge in [0.05, 0.1) is 5.92 Å². The van der Waals surface area contributed by atoms with Crippen LogP contribution in [0.2, 0.25) is 0 Å². The lowest BCUT2D eigenvalue weighted by Gasteiger charge is -2.18. The van der Waals surface area contributed by atoms with Crippen LogP contribution in [0.25, 0.3) is 0 Å². The van der Waals surface area contributed by atoms with E-state index in [-0.39, 0.29) is 12.9 Å². The Bertz CT molecular complexity index is 221. The zero-order chi connectivity index (χ0) is 11.2. The quantitative estimate of drug-likeness (QED) is 0.380. The summed E-state index contributed by atoms with van der Waals surface area (Å²) in [6, 6.07) is 0. The molecule has 0 aliphatic rings. The molecule has 0 saturated carbocycles. The van der Waals surface area contributed by atoms with Crippen LogP contribution >= 0.6 is 0 Å². The van der Waals surface area contributed by atoms with Crippen molar-refractivity contribution >= 4 is 6.47 Å². The summed E-state index contributed by atoms with van der Waals surface area (Å²) in [7, 11) is 0. The molecular formula is C9H10F3O2. The van der Waals surface area contributed by atoms with E-state index in [0.717, 1.165) is 6.08 Å². The van der Waals surface area contributed by atoms with Crippen LogP contribution in [0.5, 0.6) is 0 Å². The van der Waals surface area contributed by atoms with E-state index in [1.54, 1.807) is 0 Å². The number of allylic oxidation sites excluding steroid dienone is 2. The van der Waals surface area contributed by atoms with E-state index in [1.165, 1.54) is 0 Å². The molecule has 0 N–H and O–H groups in total. The minimum atomic E-state index is -4.37. The van der Waals surface area contributed by atoms with Crippen LogP contribution in [0.3, 0.4) is 0 Å². The molecule has 1 radical (unpaired) electrons. The third-order valence-electron chi connectivity index (χ3n) is 1.56. The second-order valence-electron chi connectivity index (χ2n) is 2.65. The first-order valence-corrected chi connectivity index (χ1v) is 3.81. The molecule has 0 bridgehead atoms. The van der Waals surface area contributed by atoms with Gasteiger partial charge < -0.3 is 4.74 Å². The second kappa shape index (κ2) is 5.47. The largest absolute Gasteiger partial charge is 0.433 e. The number of carbonyl (C=O) groups is 1. The first kappa shape index (κ1) is 12.7. The minimum absolute atomic E-state index is 0.00330. The van der Waals surface area contributed by atoms with Gasteiger partial charge in [0.25, 0.3) is 6.47 Å². The predicted octanol–water partition coefficient (Wildman–Crippen LogP) is 2.62. The smallest absolute Gasteiger partial charge is 0.392 e. The molecule has 0 rings (SSSR count). The molecule has 0 unspecified atom stereocenters. The second-order valence-corrected chi connectivity index (χ2v) is 2.65. The summed E-state index contributed by atoms with van der Waals surface area (Å²) in [5.74, 6) is -2.09. The highest BCUT2D eigenvalue weighted by atomic mass is 19.4. The number of rotatable bonds is 6. The zero-order valence-corrected chi connectivity index (χ0v) is 7.38. The van der Waals surface area contributed by atoms with Gasteiger partial charge in [0.2, 0.25) is 0 Å². The van der Waals surface area contributed by atoms with Gasteiger partial charge in [-0.2, -0.15) is 13.2 Å². The normalized spacial score (nSPS) is 13.1. The number of carbonyl (C=O) groups excluding carboxylic acids is 1. The highest BCUT2D eigenvalue weighted by molar-refractivity contribution is 5.39. The number of hydrogen-bond donors (Lipinski definition) is 0. The van der Waals surface area contributed by atoms with Gasteiger partial charge in [0, 0.05) is 6.42 Å². The lowest BCUT2D eigenvalue weighted by atomic mass is 10.00. The Balaban J connectivity index is 4.29. The molecule has 0 aromatic heterocycles. The third kappa shape index (κ3) is 4.69. The molecule has 0 amide bonds. The summed E-state index contributed by atoms with van der Waals surface area (Å²) in [5, 5.41) is 0. The van der Waals surface area contributed by atoms with Crippen LogP contribution in [0, 0.1) is 12.5 Å². The zero-order valence-electron chi connectivity index (χ0n) is 7.38. The molecule has 0 aliphatic heterocycles. The van der Waals surface area contributed by atoms with Crippen LogP contribution in [0.4, 0.5) is 13.2 Å². The molecule has 1 atom stereocenters. The van der Waals surface area contributed by atoms with Crippen molar-refractivity contribution in [3.63, 3.8) is 0 Å². The van der Waals surface area contributed by atoms with Crippen LogP contribution < -0.4 is 0 Å². The molecule has 0 aromatic carbocycles. The van der Waals surface area contributed by atoms with Crippen LogP contribution in [0.1, 0.15) is 12.8 Å². The van der Waals surface area contributed by atoms with Gasteiger partial charge in [0.15, 0.2) is 0 Å². The van der Waals surface area contributed by atoms with E-state index in [2.05, 4.69) is 11.3 Å². The van der Waals surface area contributed by atoms with E-state index in [1.807, 2.05) is 0 Å². The van der Waals surface area contributed by atoms with Gasteiger partial charge in [-0.15, -0.1) is 6.58 Å². The minimum Gasteiger partial charge on any atom is -0.433 e. The summed E-state index contributed by atoms with van der Waals surface area (Å²) in [4.78, 5) is 9.78. The summed E-state index contributed by atoms with van der Waals surface area (Å²) >= 11 is 0. The lowest BCUT2D eigenvalue weighted by Crippen LogP contribution is -2.23. The molecule has 0 heterocycles. The van der Waals surface area contributed by atoms with E-state index in [9.17, 15) is 18.0 Å². The van der Waals surface area contributed by atoms with Crippen molar-refractivity contribution in [1.82, 2.24) is 0 Å². The van der Waals surface area contributed by atoms with Gasteiger partial charge in [-0.25, -0.2) is 0 Å². The van der Waals surface area contributed by atoms with Gasteiger partial charge in [-0.05, 0) is 13.0 Å². The highest BCUT2D eigenvalue weighted by Crippen LogP contribution is 2.33. The van der Waals surface area contributed by atoms with Crippen LogP contribution in [0.15, 0.2) is 18.4 Å². The maximum absolute atomic E-state index is 12.2. The average molecular weight is 207 g/mol. The maximum atomic E-state index is 12.2. The van der Waals surface area contributed by atoms with E-state index < -0.39 is 24.3 Å². The lowest BCUT2D eigenvalue weighted by molar-refractivity contribution is -0.175. The molecule has 0 saturated heterocycles. The Morgan fingerprint density at radius 3 is 2.50 bits per heavy atom. The molecule has 5 heteroatoms. The topological polar surface area (TPSA) is 26.3 Å². The molecule has 14 heavy (non-hydrogen) atoms. The number of halogens is 3. The number of ether oxygens (including phenoxy) is 1. The van der Waals surface area contributed by atoms with Crippen molar-refractivity contribution in [2.75, 3.05) is 0 Å². The summed E-state index contributed by atoms with van der Waals surface area (Å²) in [6.45, 7) is 8.24. The Morgan fingerprint density at radius 2 is 2.14 bits per heavy atom. The molecule has 0 aliphatic carbocycles. The monoisotopic (exact) mass is 207 g/mol. The molecule has 2 nitrogen and oxygen atoms in total. The Morgan fingerprint density at radius 1 is 1.57 bits per heavy atom. The third-order valence-corrected chi connectivity index (χ3v) is 1.56. The molecule has 0 aromatic rings. The fourth-order valence-corrected chi connectivity index (χ4v) is 0.887. The van der Waals surface area contributed by atoms with Crippen molar-refractivity contribution in [3.05, 3.63) is 25.0 Å². The molecule has 79 valence electrons. The SMILES string of the molecule is [CH]=C(C[C@@H](CC=C)C(F)(F)F)OC=O. The van der Waals surface area contributed by atoms with Crippen molar-refractivity contribution in [1.29, 1.82) is 0 Å². The predicted molar refractivity (Wildman–Crippen MR) is 43.9 cm³/mol. The van der Waals surface area contributed by atoms with E-state index in [0.29, 0.717) is 0 Å². The number of hydrogen-bond acceptors (Lipinski definition) is 2. The van der Waals surface area contributed by atoms with E-state index >= 15 is 0 Å². The average Bonchev–Trinajstić information content (AvgIpc) is 2.02. The molecule has 0 spiro atoms. The van der Waals surface area contributed by atoms with Crippen molar-refractivity contribution in [2.45, 2.75) is 19.0 Å². The van der Waals surface area contributed by atoms with Crippen LogP contribution in [-0.4, -0.2) is 12.6 Å². The Kier molecular flexibility index (Phi) is 4.97. The van der Waals surface area contributed by atoms with Crippen LogP contribution in [-0.2, 0) is 9.53 Å². The maximum Gasteiger partial charge on any atom is 0.392 e. The van der Waals surface area contributed by atoms with Crippen molar-refractivity contribution in [2.24, 2.45) is 5.92 Å². The summed E-state index contributed by atoms with van der Waals surface area (Å²) in [5.41, 5.74) is 0. The van der Waals surface area contributed by atoms with Crippen molar-refractivity contribution in [3.8, 4) is 0 Å².